The third-order valence-corrected chi connectivity index (χ3v) is 2.33. The Kier molecular flexibility index (Phi) is 2.14. The lowest BCUT2D eigenvalue weighted by molar-refractivity contribution is 0.474. The molecular weight excluding hydrogens is 186 g/mol. The molecule has 2 aromatic rings. The predicted octanol–water partition coefficient (Wildman–Crippen LogP) is 2.65. The van der Waals surface area contributed by atoms with Gasteiger partial charge in [-0.25, -0.2) is 4.98 Å². The molecule has 13 heavy (non-hydrogen) atoms. The molecule has 0 unspecified atom stereocenters. The Morgan fingerprint density at radius 3 is 3.15 bits per heavy atom. The van der Waals surface area contributed by atoms with Crippen molar-refractivity contribution < 1.29 is 9.52 Å². The van der Waals surface area contributed by atoms with Crippen LogP contribution in [0.1, 0.15) is 6.92 Å². The van der Waals surface area contributed by atoms with Crippen LogP contribution in [0.25, 0.3) is 11.1 Å². The van der Waals surface area contributed by atoms with Crippen molar-refractivity contribution in [1.82, 2.24) is 4.98 Å². The van der Waals surface area contributed by atoms with Gasteiger partial charge in [-0.2, -0.15) is 0 Å². The van der Waals surface area contributed by atoms with Crippen molar-refractivity contribution in [1.29, 1.82) is 0 Å². The van der Waals surface area contributed by atoms with Gasteiger partial charge in [0.25, 0.3) is 5.22 Å². The molecule has 4 heteroatoms. The van der Waals surface area contributed by atoms with Gasteiger partial charge >= 0.3 is 0 Å². The van der Waals surface area contributed by atoms with Crippen LogP contribution >= 0.6 is 11.8 Å². The summed E-state index contributed by atoms with van der Waals surface area (Å²) in [6.45, 7) is 2.04. The molecule has 0 radical (unpaired) electrons. The number of rotatable bonds is 2. The van der Waals surface area contributed by atoms with Gasteiger partial charge in [0.05, 0.1) is 0 Å². The zero-order valence-electron chi connectivity index (χ0n) is 7.15. The molecule has 0 atom stereocenters. The van der Waals surface area contributed by atoms with Crippen molar-refractivity contribution in [2.75, 3.05) is 5.75 Å². The van der Waals surface area contributed by atoms with Crippen molar-refractivity contribution in [3.8, 4) is 5.75 Å². The van der Waals surface area contributed by atoms with Gasteiger partial charge < -0.3 is 9.52 Å². The van der Waals surface area contributed by atoms with Gasteiger partial charge in [-0.05, 0) is 17.9 Å². The second kappa shape index (κ2) is 3.30. The van der Waals surface area contributed by atoms with E-state index in [4.69, 9.17) is 4.42 Å². The summed E-state index contributed by atoms with van der Waals surface area (Å²) in [4.78, 5) is 4.20. The summed E-state index contributed by atoms with van der Waals surface area (Å²) < 4.78 is 5.40. The molecule has 0 saturated carbocycles. The number of oxazole rings is 1. The van der Waals surface area contributed by atoms with Gasteiger partial charge in [0.1, 0.15) is 11.3 Å². The number of phenols is 1. The summed E-state index contributed by atoms with van der Waals surface area (Å²) in [5, 5.41) is 9.84. The van der Waals surface area contributed by atoms with E-state index in [2.05, 4.69) is 4.98 Å². The van der Waals surface area contributed by atoms with Crippen LogP contribution in [-0.4, -0.2) is 15.8 Å². The van der Waals surface area contributed by atoms with E-state index in [-0.39, 0.29) is 5.75 Å². The minimum atomic E-state index is 0.217. The quantitative estimate of drug-likeness (QED) is 0.748. The van der Waals surface area contributed by atoms with Crippen molar-refractivity contribution >= 4 is 22.9 Å². The normalized spacial score (nSPS) is 10.8. The molecule has 68 valence electrons. The highest BCUT2D eigenvalue weighted by Crippen LogP contribution is 2.25. The highest BCUT2D eigenvalue weighted by Gasteiger charge is 2.05. The van der Waals surface area contributed by atoms with Gasteiger partial charge in [-0.1, -0.05) is 18.7 Å². The third kappa shape index (κ3) is 1.62. The Morgan fingerprint density at radius 1 is 1.54 bits per heavy atom. The number of hydrogen-bond donors (Lipinski definition) is 1. The van der Waals surface area contributed by atoms with E-state index in [1.165, 1.54) is 0 Å². The monoisotopic (exact) mass is 195 g/mol. The Balaban J connectivity index is 2.49. The summed E-state index contributed by atoms with van der Waals surface area (Å²) in [7, 11) is 0. The van der Waals surface area contributed by atoms with E-state index in [1.807, 2.05) is 6.92 Å². The topological polar surface area (TPSA) is 46.3 Å². The molecule has 0 bridgehead atoms. The lowest BCUT2D eigenvalue weighted by Crippen LogP contribution is -1.70. The molecule has 0 aliphatic heterocycles. The first-order valence-electron chi connectivity index (χ1n) is 4.02. The molecule has 1 aromatic carbocycles. The van der Waals surface area contributed by atoms with E-state index in [1.54, 1.807) is 30.0 Å². The fraction of sp³-hybridized carbons (Fsp3) is 0.222. The summed E-state index contributed by atoms with van der Waals surface area (Å²) in [5.41, 5.74) is 1.42. The van der Waals surface area contributed by atoms with Crippen LogP contribution < -0.4 is 0 Å². The number of phenolic OH excluding ortho intramolecular Hbond substituents is 1. The Bertz CT molecular complexity index is 424. The molecular formula is C9H9NO2S. The smallest absolute Gasteiger partial charge is 0.256 e. The second-order valence-electron chi connectivity index (χ2n) is 2.56. The number of benzene rings is 1. The highest BCUT2D eigenvalue weighted by molar-refractivity contribution is 7.99. The first-order valence-corrected chi connectivity index (χ1v) is 5.00. The minimum absolute atomic E-state index is 0.217. The summed E-state index contributed by atoms with van der Waals surface area (Å²) >= 11 is 1.55. The Morgan fingerprint density at radius 2 is 2.38 bits per heavy atom. The summed E-state index contributed by atoms with van der Waals surface area (Å²) in [5.74, 6) is 1.15. The molecule has 3 nitrogen and oxygen atoms in total. The molecule has 1 heterocycles. The SMILES string of the molecule is CCSc1nc2cc(O)ccc2o1. The van der Waals surface area contributed by atoms with Crippen molar-refractivity contribution in [2.24, 2.45) is 0 Å². The molecule has 2 rings (SSSR count). The number of nitrogens with zero attached hydrogens (tertiary/aromatic N) is 1. The van der Waals surface area contributed by atoms with Gasteiger partial charge in [0.2, 0.25) is 0 Å². The first kappa shape index (κ1) is 8.44. The standard InChI is InChI=1S/C9H9NO2S/c1-2-13-9-10-7-5-6(11)3-4-8(7)12-9/h3-5,11H,2H2,1H3. The van der Waals surface area contributed by atoms with E-state index < -0.39 is 0 Å². The van der Waals surface area contributed by atoms with Gasteiger partial charge in [-0.15, -0.1) is 0 Å². The minimum Gasteiger partial charge on any atom is -0.508 e. The lowest BCUT2D eigenvalue weighted by Gasteiger charge is -1.87. The summed E-state index contributed by atoms with van der Waals surface area (Å²) in [6.07, 6.45) is 0. The molecule has 0 fully saturated rings. The van der Waals surface area contributed by atoms with Gasteiger partial charge in [0.15, 0.2) is 5.58 Å². The van der Waals surface area contributed by atoms with E-state index in [9.17, 15) is 5.11 Å². The number of hydrogen-bond acceptors (Lipinski definition) is 4. The summed E-state index contributed by atoms with van der Waals surface area (Å²) in [6, 6.07) is 4.91. The van der Waals surface area contributed by atoms with E-state index in [0.29, 0.717) is 16.3 Å². The van der Waals surface area contributed by atoms with Gasteiger partial charge in [-0.3, -0.25) is 0 Å². The zero-order valence-corrected chi connectivity index (χ0v) is 7.97. The van der Waals surface area contributed by atoms with Crippen LogP contribution in [0.2, 0.25) is 0 Å². The molecule has 0 aliphatic carbocycles. The number of thioether (sulfide) groups is 1. The van der Waals surface area contributed by atoms with Crippen LogP contribution in [0.3, 0.4) is 0 Å². The second-order valence-corrected chi connectivity index (χ2v) is 3.78. The fourth-order valence-corrected chi connectivity index (χ4v) is 1.64. The molecule has 0 saturated heterocycles. The largest absolute Gasteiger partial charge is 0.508 e. The zero-order chi connectivity index (χ0) is 9.26. The average Bonchev–Trinajstić information content (AvgIpc) is 2.46. The van der Waals surface area contributed by atoms with Crippen LogP contribution in [-0.2, 0) is 0 Å². The number of aromatic nitrogens is 1. The van der Waals surface area contributed by atoms with Crippen molar-refractivity contribution in [3.05, 3.63) is 18.2 Å². The maximum Gasteiger partial charge on any atom is 0.256 e. The Hall–Kier alpha value is -1.16. The highest BCUT2D eigenvalue weighted by atomic mass is 32.2. The predicted molar refractivity (Wildman–Crippen MR) is 52.1 cm³/mol. The maximum absolute atomic E-state index is 9.18. The molecule has 0 aliphatic rings. The average molecular weight is 195 g/mol. The van der Waals surface area contributed by atoms with Gasteiger partial charge in [0, 0.05) is 6.07 Å². The number of aromatic hydroxyl groups is 1. The Labute approximate surface area is 79.8 Å². The van der Waals surface area contributed by atoms with Crippen molar-refractivity contribution in [3.63, 3.8) is 0 Å². The van der Waals surface area contributed by atoms with E-state index >= 15 is 0 Å². The molecule has 1 N–H and O–H groups in total. The van der Waals surface area contributed by atoms with Crippen molar-refractivity contribution in [2.45, 2.75) is 12.1 Å². The fourth-order valence-electron chi connectivity index (χ4n) is 1.08. The van der Waals surface area contributed by atoms with Crippen LogP contribution in [0.15, 0.2) is 27.8 Å². The van der Waals surface area contributed by atoms with E-state index in [0.717, 1.165) is 5.75 Å². The molecule has 0 spiro atoms. The first-order chi connectivity index (χ1) is 6.29. The maximum atomic E-state index is 9.18. The van der Waals surface area contributed by atoms with Crippen LogP contribution in [0.5, 0.6) is 5.75 Å². The van der Waals surface area contributed by atoms with Crippen LogP contribution in [0.4, 0.5) is 0 Å². The molecule has 1 aromatic heterocycles. The lowest BCUT2D eigenvalue weighted by atomic mass is 10.3. The third-order valence-electron chi connectivity index (χ3n) is 1.62. The van der Waals surface area contributed by atoms with Crippen LogP contribution in [0, 0.1) is 0 Å². The molecule has 0 amide bonds. The number of fused-ring (bicyclic) bond motifs is 1.